The maximum atomic E-state index is 12.1. The maximum Gasteiger partial charge on any atom is 0 e. The number of allylic oxidation sites excluding steroid dienone is 1. The number of aliphatic carboxylic acids is 1. The van der Waals surface area contributed by atoms with Crippen molar-refractivity contribution in [1.82, 2.24) is 44.4 Å². The molecule has 0 aliphatic carbocycles. The van der Waals surface area contributed by atoms with E-state index in [0.717, 1.165) is 33.9 Å². The number of anilines is 2. The number of carboxylic acids is 1. The Morgan fingerprint density at radius 3 is 1.54 bits per heavy atom. The van der Waals surface area contributed by atoms with Gasteiger partial charge in [0.25, 0.3) is 5.56 Å². The van der Waals surface area contributed by atoms with Crippen LogP contribution in [0.5, 0.6) is 0 Å². The molecule has 5 rings (SSSR count). The molecule has 0 aliphatic heterocycles. The minimum absolute atomic E-state index is 0. The standard InChI is InChI=1S/C13H18ClN3O2.C13H16ClN3O.C9H13BrClN3.C4HBrCl2N2.C2H5I.3CH4.CH3.3HI.2V/c1-8(5-10(18)19)9-6-15-12(14)17-11(9)16-7-13(2,3)4;1-8-5-10(18)17(7-13(2,3)4)11-9(8)6-15-12(14)16-11;1-9(2,3)5-13-7-6(10)4-12-8(11)14-7;5-2-1-8-4(7)9-3(2)6;1-2-3;;;;;;;;;/h5-6H,7H2,1-4H3,(H,18,19)(H,15,16,17);5-6H,7H2,1-4H3;4H,5H2,1-3H3,(H,12,13,14);1H;2H2,1H3;3*1H4;1H3;3*1H;;/q;;;;;;;;-1;;;;;+3/p-3/b8-5+;;;;;;;;;;;;;. The van der Waals surface area contributed by atoms with Crippen LogP contribution in [0.1, 0.15) is 110 Å². The van der Waals surface area contributed by atoms with Crippen LogP contribution in [0.2, 0.25) is 26.3 Å². The van der Waals surface area contributed by atoms with Gasteiger partial charge in [0.05, 0.1) is 8.95 Å². The molecular formula is C45H68Br2Cl5I4N11O3V2-. The molecule has 5 heterocycles. The first kappa shape index (κ1) is 84.1. The number of pyridine rings is 1. The second-order valence-electron chi connectivity index (χ2n) is 17.2. The van der Waals surface area contributed by atoms with E-state index in [2.05, 4.69) is 234 Å². The molecule has 3 N–H and O–H groups in total. The smallest absolute Gasteiger partial charge is 0 e. The Hall–Kier alpha value is 0.839. The molecule has 0 unspecified atom stereocenters. The number of carboxylic acid groups (broad SMARTS) is 1. The number of hydrogen-bond donors (Lipinski definition) is 3. The van der Waals surface area contributed by atoms with E-state index in [-0.39, 0.29) is 96.1 Å². The van der Waals surface area contributed by atoms with Gasteiger partial charge in [-0.1, -0.05) is 126 Å². The third kappa shape index (κ3) is 39.2. The van der Waals surface area contributed by atoms with Crippen molar-refractivity contribution >= 4 is 207 Å². The predicted molar refractivity (Wildman–Crippen MR) is 345 cm³/mol. The van der Waals surface area contributed by atoms with Crippen LogP contribution in [-0.2, 0) is 34.8 Å². The molecule has 0 fully saturated rings. The molecule has 0 atom stereocenters. The minimum Gasteiger partial charge on any atom is 0 e. The first-order chi connectivity index (χ1) is 30.7. The molecule has 72 heavy (non-hydrogen) atoms. The molecular weight excluding hydrogens is 1690 g/mol. The zero-order valence-electron chi connectivity index (χ0n) is 40.1. The van der Waals surface area contributed by atoms with Crippen LogP contribution in [0.15, 0.2) is 50.7 Å². The van der Waals surface area contributed by atoms with Crippen molar-refractivity contribution in [2.24, 2.45) is 16.2 Å². The van der Waals surface area contributed by atoms with Crippen molar-refractivity contribution in [1.29, 1.82) is 0 Å². The zero-order valence-corrected chi connectivity index (χ0v) is 58.5. The normalized spacial score (nSPS) is 10.5. The number of nitrogens with zero attached hydrogens (tertiary/aromatic N) is 9. The van der Waals surface area contributed by atoms with Crippen molar-refractivity contribution in [2.45, 2.75) is 112 Å². The van der Waals surface area contributed by atoms with E-state index < -0.39 is 5.97 Å². The monoisotopic (exact) mass is 1750 g/mol. The van der Waals surface area contributed by atoms with Gasteiger partial charge in [-0.05, 0) is 124 Å². The van der Waals surface area contributed by atoms with E-state index in [4.69, 9.17) is 63.1 Å². The zero-order chi connectivity index (χ0) is 52.0. The first-order valence-corrected chi connectivity index (χ1v) is 38.0. The molecule has 0 aromatic carbocycles. The number of carbonyl (C=O) groups is 1. The van der Waals surface area contributed by atoms with Crippen LogP contribution in [0.25, 0.3) is 16.6 Å². The van der Waals surface area contributed by atoms with Gasteiger partial charge in [-0.3, -0.25) is 9.36 Å². The van der Waals surface area contributed by atoms with E-state index in [1.165, 1.54) is 16.8 Å². The summed E-state index contributed by atoms with van der Waals surface area (Å²) in [6, 6.07) is 1.62. The molecule has 14 nitrogen and oxygen atoms in total. The second kappa shape index (κ2) is 41.8. The molecule has 0 bridgehead atoms. The van der Waals surface area contributed by atoms with Gasteiger partial charge in [-0.25, -0.2) is 34.7 Å². The molecule has 27 heteroatoms. The van der Waals surface area contributed by atoms with Crippen LogP contribution < -0.4 is 16.2 Å². The Morgan fingerprint density at radius 1 is 0.736 bits per heavy atom. The van der Waals surface area contributed by atoms with E-state index in [1.807, 2.05) is 6.92 Å². The van der Waals surface area contributed by atoms with Crippen molar-refractivity contribution in [3.63, 3.8) is 0 Å². The van der Waals surface area contributed by atoms with Crippen LogP contribution in [0.4, 0.5) is 11.6 Å². The number of hydrogen-bond acceptors (Lipinski definition) is 12. The van der Waals surface area contributed by atoms with Gasteiger partial charge in [0.2, 0.25) is 21.1 Å². The molecule has 0 spiro atoms. The van der Waals surface area contributed by atoms with Gasteiger partial charge < -0.3 is 23.2 Å². The van der Waals surface area contributed by atoms with Crippen molar-refractivity contribution in [3.05, 3.63) is 101 Å². The fourth-order valence-corrected chi connectivity index (χ4v) is 5.67. The van der Waals surface area contributed by atoms with Crippen LogP contribution >= 0.6 is 172 Å². The largest absolute Gasteiger partial charge is 0 e. The number of fused-ring (bicyclic) bond motifs is 1. The molecule has 0 saturated heterocycles. The quantitative estimate of drug-likeness (QED) is 0.0349. The Kier molecular flexibility index (Phi) is 48.9. The molecule has 5 aromatic rings. The third-order valence-electron chi connectivity index (χ3n) is 7.14. The van der Waals surface area contributed by atoms with E-state index >= 15 is 0 Å². The fourth-order valence-electron chi connectivity index (χ4n) is 4.45. The maximum absolute atomic E-state index is 12.1. The number of halogens is 11. The summed E-state index contributed by atoms with van der Waals surface area (Å²) in [5, 5.41) is 17.1. The third-order valence-corrected chi connectivity index (χ3v) is 9.55. The van der Waals surface area contributed by atoms with Crippen molar-refractivity contribution in [3.8, 4) is 0 Å². The Morgan fingerprint density at radius 2 is 1.12 bits per heavy atom. The molecule has 0 aliphatic rings. The van der Waals surface area contributed by atoms with E-state index in [1.54, 1.807) is 30.0 Å². The molecule has 409 valence electrons. The van der Waals surface area contributed by atoms with Gasteiger partial charge in [-0.2, -0.15) is 9.97 Å². The average molecular weight is 1760 g/mol. The number of nitrogens with one attached hydrogen (secondary N) is 2. The Bertz CT molecular complexity index is 2450. The summed E-state index contributed by atoms with van der Waals surface area (Å²) in [4.78, 5) is 54.0. The van der Waals surface area contributed by atoms with Gasteiger partial charge in [0.15, 0.2) is 0 Å². The Labute approximate surface area is 534 Å². The number of aryl methyl sites for hydroxylation is 1. The molecule has 1 radical (unpaired) electrons. The van der Waals surface area contributed by atoms with Crippen LogP contribution in [0.3, 0.4) is 0 Å². The summed E-state index contributed by atoms with van der Waals surface area (Å²) in [6.45, 7) is 26.7. The average Bonchev–Trinajstić information content (AvgIpc) is 3.17. The summed E-state index contributed by atoms with van der Waals surface area (Å²) < 4.78 is 4.35. The van der Waals surface area contributed by atoms with Gasteiger partial charge in [0.1, 0.15) is 22.4 Å². The predicted octanol–water partition coefficient (Wildman–Crippen LogP) is 18.2. The number of alkyl halides is 1. The topological polar surface area (TPSA) is 186 Å². The minimum atomic E-state index is -1.01. The summed E-state index contributed by atoms with van der Waals surface area (Å²) in [5.74, 6) is 0.277. The van der Waals surface area contributed by atoms with E-state index in [9.17, 15) is 9.59 Å². The van der Waals surface area contributed by atoms with Crippen LogP contribution in [-0.4, -0.2) is 73.0 Å². The fraction of sp³-hybridized carbons (Fsp3) is 0.489. The second-order valence-corrected chi connectivity index (χ2v) is 57.5. The van der Waals surface area contributed by atoms with Gasteiger partial charge >= 0.3 is 70.8 Å². The molecule has 5 aromatic heterocycles. The van der Waals surface area contributed by atoms with Crippen molar-refractivity contribution in [2.75, 3.05) is 28.2 Å². The SMILES string of the molecule is C.C.C.C/C(=C\C(=O)O)c1cnc(Cl)nc1NCC(C)(C)C.CC(C)(C)CNc1nc(Cl)ncc1Br.CCI.Cc1cc(=O)n(CC(C)(C)C)c2nc(Cl)ncc12.Clc1ncc(Br)c(Cl)n1.[CH3-].[I][V]([I])[I].[V]. The van der Waals surface area contributed by atoms with Crippen LogP contribution in [0, 0.1) is 30.6 Å². The summed E-state index contributed by atoms with van der Waals surface area (Å²) in [7, 11) is 0. The Balaban J connectivity index is -0.000000193. The van der Waals surface area contributed by atoms with Gasteiger partial charge in [-0.15, -0.1) is 0 Å². The first-order valence-electron chi connectivity index (χ1n) is 19.5. The summed E-state index contributed by atoms with van der Waals surface area (Å²) >= 11 is 44.4. The summed E-state index contributed by atoms with van der Waals surface area (Å²) in [5.41, 5.74) is 2.90. The van der Waals surface area contributed by atoms with Gasteiger partial charge in [0, 0.05) is 86.1 Å². The summed E-state index contributed by atoms with van der Waals surface area (Å²) in [6.07, 6.45) is 7.44. The molecule has 0 amide bonds. The van der Waals surface area contributed by atoms with Crippen molar-refractivity contribution < 1.29 is 33.4 Å². The number of rotatable bonds is 7. The van der Waals surface area contributed by atoms with E-state index in [0.29, 0.717) is 45.3 Å². The molecule has 0 saturated carbocycles. The number of aromatic nitrogens is 9.